The van der Waals surface area contributed by atoms with Gasteiger partial charge in [0, 0.05) is 16.6 Å². The maximum absolute atomic E-state index is 12.2. The van der Waals surface area contributed by atoms with Gasteiger partial charge in [0.25, 0.3) is 0 Å². The second kappa shape index (κ2) is 7.47. The lowest BCUT2D eigenvalue weighted by molar-refractivity contribution is -0.112. The van der Waals surface area contributed by atoms with Crippen LogP contribution in [-0.4, -0.2) is 21.5 Å². The van der Waals surface area contributed by atoms with E-state index in [0.717, 1.165) is 26.4 Å². The molecule has 124 valence electrons. The van der Waals surface area contributed by atoms with Crippen molar-refractivity contribution in [3.63, 3.8) is 0 Å². The first kappa shape index (κ1) is 17.1. The Balaban J connectivity index is 1.95. The summed E-state index contributed by atoms with van der Waals surface area (Å²) < 4.78 is 0. The third-order valence-electron chi connectivity index (χ3n) is 3.55. The van der Waals surface area contributed by atoms with Gasteiger partial charge in [-0.15, -0.1) is 11.3 Å². The molecule has 0 aliphatic rings. The van der Waals surface area contributed by atoms with Gasteiger partial charge >= 0.3 is 0 Å². The number of nitrogens with zero attached hydrogens (tertiary/aromatic N) is 3. The average Bonchev–Trinajstić information content (AvgIpc) is 3.05. The van der Waals surface area contributed by atoms with Gasteiger partial charge in [0.05, 0.1) is 11.1 Å². The number of ketones is 1. The Morgan fingerprint density at radius 2 is 2.08 bits per heavy atom. The zero-order chi connectivity index (χ0) is 17.8. The quantitative estimate of drug-likeness (QED) is 0.320. The van der Waals surface area contributed by atoms with E-state index < -0.39 is 0 Å². The summed E-state index contributed by atoms with van der Waals surface area (Å²) in [6, 6.07) is 11.9. The highest BCUT2D eigenvalue weighted by atomic mass is 32.2. The van der Waals surface area contributed by atoms with E-state index >= 15 is 0 Å². The maximum Gasteiger partial charge on any atom is 0.185 e. The highest BCUT2D eigenvalue weighted by molar-refractivity contribution is 8.00. The monoisotopic (exact) mass is 366 g/mol. The number of hydrogen-bond donors (Lipinski definition) is 1. The summed E-state index contributed by atoms with van der Waals surface area (Å²) >= 11 is 2.84. The zero-order valence-electron chi connectivity index (χ0n) is 13.4. The van der Waals surface area contributed by atoms with E-state index in [-0.39, 0.29) is 22.8 Å². The van der Waals surface area contributed by atoms with Gasteiger partial charge in [-0.1, -0.05) is 42.1 Å². The van der Waals surface area contributed by atoms with Gasteiger partial charge in [-0.05, 0) is 12.5 Å². The molecule has 0 aliphatic carbocycles. The maximum atomic E-state index is 12.2. The number of allylic oxidation sites excluding steroid dienone is 2. The molecular formula is C18H14N4OS2. The second-order valence-corrected chi connectivity index (χ2v) is 7.08. The molecule has 1 aromatic carbocycles. The minimum atomic E-state index is -0.296. The number of thioether (sulfide) groups is 1. The first-order chi connectivity index (χ1) is 12.1. The van der Waals surface area contributed by atoms with Crippen molar-refractivity contribution in [2.75, 3.05) is 5.75 Å². The molecular weight excluding hydrogens is 352 g/mol. The predicted octanol–water partition coefficient (Wildman–Crippen LogP) is 3.78. The number of Topliss-reactive ketones (excluding diaryl/α,β-unsaturated/α-hetero) is 1. The SMILES string of the molecule is C/C(N)=C(\C#N)C(=O)CSc1ncnc2scc(-c3ccccc3)c12. The van der Waals surface area contributed by atoms with Crippen LogP contribution in [0.5, 0.6) is 0 Å². The zero-order valence-corrected chi connectivity index (χ0v) is 15.0. The average molecular weight is 366 g/mol. The van der Waals surface area contributed by atoms with Gasteiger partial charge in [-0.25, -0.2) is 9.97 Å². The number of nitrogens with two attached hydrogens (primary N) is 1. The van der Waals surface area contributed by atoms with Crippen molar-refractivity contribution in [2.24, 2.45) is 5.73 Å². The predicted molar refractivity (Wildman–Crippen MR) is 101 cm³/mol. The van der Waals surface area contributed by atoms with Crippen molar-refractivity contribution in [2.45, 2.75) is 11.9 Å². The number of carbonyl (C=O) groups excluding carboxylic acids is 1. The minimum absolute atomic E-state index is 0.00593. The summed E-state index contributed by atoms with van der Waals surface area (Å²) in [6.45, 7) is 1.55. The molecule has 3 aromatic rings. The van der Waals surface area contributed by atoms with E-state index in [1.165, 1.54) is 18.1 Å². The molecule has 0 spiro atoms. The summed E-state index contributed by atoms with van der Waals surface area (Å²) in [4.78, 5) is 21.7. The normalized spacial score (nSPS) is 11.8. The molecule has 5 nitrogen and oxygen atoms in total. The van der Waals surface area contributed by atoms with Crippen LogP contribution in [0.1, 0.15) is 6.92 Å². The fourth-order valence-corrected chi connectivity index (χ4v) is 4.23. The van der Waals surface area contributed by atoms with E-state index in [0.29, 0.717) is 0 Å². The van der Waals surface area contributed by atoms with Crippen LogP contribution in [0.15, 0.2) is 58.3 Å². The number of nitriles is 1. The molecule has 0 atom stereocenters. The van der Waals surface area contributed by atoms with Gasteiger partial charge in [0.15, 0.2) is 5.78 Å². The fraction of sp³-hybridized carbons (Fsp3) is 0.111. The van der Waals surface area contributed by atoms with Crippen molar-refractivity contribution in [1.82, 2.24) is 9.97 Å². The summed E-state index contributed by atoms with van der Waals surface area (Å²) in [5.74, 6) is -0.191. The molecule has 2 aromatic heterocycles. The van der Waals surface area contributed by atoms with E-state index in [9.17, 15) is 4.79 Å². The molecule has 0 aliphatic heterocycles. The molecule has 2 heterocycles. The highest BCUT2D eigenvalue weighted by Gasteiger charge is 2.16. The molecule has 0 unspecified atom stereocenters. The number of benzene rings is 1. The Kier molecular flexibility index (Phi) is 5.12. The molecule has 0 fully saturated rings. The molecule has 0 radical (unpaired) electrons. The van der Waals surface area contributed by atoms with Crippen LogP contribution >= 0.6 is 23.1 Å². The number of carbonyl (C=O) groups is 1. The summed E-state index contributed by atoms with van der Waals surface area (Å²) in [5.41, 5.74) is 7.96. The lowest BCUT2D eigenvalue weighted by Crippen LogP contribution is -2.10. The van der Waals surface area contributed by atoms with Crippen LogP contribution in [0.3, 0.4) is 0 Å². The van der Waals surface area contributed by atoms with E-state index in [1.807, 2.05) is 41.8 Å². The number of thiophene rings is 1. The Hall–Kier alpha value is -2.69. The number of hydrogen-bond acceptors (Lipinski definition) is 7. The molecule has 2 N–H and O–H groups in total. The first-order valence-electron chi connectivity index (χ1n) is 7.42. The third kappa shape index (κ3) is 3.55. The number of fused-ring (bicyclic) bond motifs is 1. The van der Waals surface area contributed by atoms with Crippen LogP contribution in [0.25, 0.3) is 21.3 Å². The van der Waals surface area contributed by atoms with E-state index in [2.05, 4.69) is 9.97 Å². The number of rotatable bonds is 5. The molecule has 3 rings (SSSR count). The lowest BCUT2D eigenvalue weighted by atomic mass is 10.1. The Bertz CT molecular complexity index is 999. The van der Waals surface area contributed by atoms with Crippen LogP contribution in [0.2, 0.25) is 0 Å². The molecule has 25 heavy (non-hydrogen) atoms. The van der Waals surface area contributed by atoms with E-state index in [4.69, 9.17) is 11.0 Å². The highest BCUT2D eigenvalue weighted by Crippen LogP contribution is 2.37. The summed E-state index contributed by atoms with van der Waals surface area (Å²) in [5, 5.41) is 12.8. The van der Waals surface area contributed by atoms with Gasteiger partial charge in [-0.3, -0.25) is 4.79 Å². The largest absolute Gasteiger partial charge is 0.401 e. The minimum Gasteiger partial charge on any atom is -0.401 e. The molecule has 0 saturated heterocycles. The Morgan fingerprint density at radius 3 is 2.76 bits per heavy atom. The molecule has 0 bridgehead atoms. The second-order valence-electron chi connectivity index (χ2n) is 5.26. The van der Waals surface area contributed by atoms with Gasteiger partial charge in [0.2, 0.25) is 0 Å². The van der Waals surface area contributed by atoms with E-state index in [1.54, 1.807) is 18.3 Å². The third-order valence-corrected chi connectivity index (χ3v) is 5.42. The van der Waals surface area contributed by atoms with Crippen LogP contribution in [-0.2, 0) is 4.79 Å². The Labute approximate surface area is 153 Å². The first-order valence-corrected chi connectivity index (χ1v) is 9.28. The summed E-state index contributed by atoms with van der Waals surface area (Å²) in [7, 11) is 0. The lowest BCUT2D eigenvalue weighted by Gasteiger charge is -2.05. The molecule has 7 heteroatoms. The number of aromatic nitrogens is 2. The van der Waals surface area contributed by atoms with Crippen molar-refractivity contribution < 1.29 is 4.79 Å². The Morgan fingerprint density at radius 1 is 1.32 bits per heavy atom. The van der Waals surface area contributed by atoms with Crippen molar-refractivity contribution in [1.29, 1.82) is 5.26 Å². The topological polar surface area (TPSA) is 92.7 Å². The fourth-order valence-electron chi connectivity index (χ4n) is 2.36. The van der Waals surface area contributed by atoms with Gasteiger partial charge < -0.3 is 5.73 Å². The van der Waals surface area contributed by atoms with Crippen LogP contribution in [0, 0.1) is 11.3 Å². The molecule has 0 saturated carbocycles. The smallest absolute Gasteiger partial charge is 0.185 e. The van der Waals surface area contributed by atoms with Crippen LogP contribution < -0.4 is 5.73 Å². The molecule has 0 amide bonds. The summed E-state index contributed by atoms with van der Waals surface area (Å²) in [6.07, 6.45) is 1.50. The standard InChI is InChI=1S/C18H14N4OS2/c1-11(20)13(7-19)15(23)9-25-18-16-14(12-5-3-2-4-6-12)8-24-17(16)21-10-22-18/h2-6,8,10H,9,20H2,1H3/b13-11-. The van der Waals surface area contributed by atoms with Crippen molar-refractivity contribution >= 4 is 39.1 Å². The van der Waals surface area contributed by atoms with Crippen molar-refractivity contribution in [3.8, 4) is 17.2 Å². The van der Waals surface area contributed by atoms with Gasteiger partial charge in [-0.2, -0.15) is 5.26 Å². The van der Waals surface area contributed by atoms with Crippen LogP contribution in [0.4, 0.5) is 0 Å². The van der Waals surface area contributed by atoms with Gasteiger partial charge in [0.1, 0.15) is 27.8 Å². The van der Waals surface area contributed by atoms with Crippen molar-refractivity contribution in [3.05, 3.63) is 53.3 Å².